The highest BCUT2D eigenvalue weighted by Gasteiger charge is 2.15. The molecule has 98 valence electrons. The van der Waals surface area contributed by atoms with Gasteiger partial charge in [-0.15, -0.1) is 0 Å². The van der Waals surface area contributed by atoms with Gasteiger partial charge in [-0.3, -0.25) is 14.9 Å². The summed E-state index contributed by atoms with van der Waals surface area (Å²) >= 11 is 2.23. The van der Waals surface area contributed by atoms with Gasteiger partial charge in [0.1, 0.15) is 5.82 Å². The average molecular weight is 366 g/mol. The molecule has 5 nitrogen and oxygen atoms in total. The van der Waals surface area contributed by atoms with Crippen LogP contribution in [0.3, 0.4) is 0 Å². The number of hydrogen-bond donors (Lipinski definition) is 1. The minimum Gasteiger partial charge on any atom is -0.352 e. The maximum absolute atomic E-state index is 13.5. The highest BCUT2D eigenvalue weighted by Crippen LogP contribution is 2.16. The normalized spacial score (nSPS) is 10.1. The van der Waals surface area contributed by atoms with Gasteiger partial charge in [-0.2, -0.15) is 0 Å². The molecule has 0 aliphatic carbocycles. The fourth-order valence-electron chi connectivity index (χ4n) is 1.32. The second-order valence-corrected chi connectivity index (χ2v) is 4.65. The molecule has 0 heterocycles. The van der Waals surface area contributed by atoms with Gasteiger partial charge in [0.25, 0.3) is 11.6 Å². The van der Waals surface area contributed by atoms with Gasteiger partial charge in [0.2, 0.25) is 0 Å². The molecular formula is C11H12FIN2O3. The van der Waals surface area contributed by atoms with E-state index < -0.39 is 16.6 Å². The Kier molecular flexibility index (Phi) is 5.96. The monoisotopic (exact) mass is 366 g/mol. The molecule has 0 saturated carbocycles. The van der Waals surface area contributed by atoms with E-state index in [0.717, 1.165) is 35.5 Å². The molecule has 1 N–H and O–H groups in total. The first kappa shape index (κ1) is 14.8. The molecule has 0 bridgehead atoms. The standard InChI is InChI=1S/C11H12FIN2O3/c12-10-7-8(15(17)18)3-4-9(10)11(16)14-6-2-1-5-13/h3-4,7H,1-2,5-6H2,(H,14,16). The predicted octanol–water partition coefficient (Wildman–Crippen LogP) is 2.68. The van der Waals surface area contributed by atoms with Crippen molar-refractivity contribution in [3.05, 3.63) is 39.7 Å². The number of hydrogen-bond acceptors (Lipinski definition) is 3. The Morgan fingerprint density at radius 1 is 1.44 bits per heavy atom. The number of nitro groups is 1. The molecule has 0 aliphatic rings. The fourth-order valence-corrected chi connectivity index (χ4v) is 1.86. The van der Waals surface area contributed by atoms with Crippen molar-refractivity contribution in [1.29, 1.82) is 0 Å². The zero-order chi connectivity index (χ0) is 13.5. The zero-order valence-electron chi connectivity index (χ0n) is 9.49. The number of amides is 1. The van der Waals surface area contributed by atoms with Crippen LogP contribution < -0.4 is 5.32 Å². The maximum Gasteiger partial charge on any atom is 0.272 e. The van der Waals surface area contributed by atoms with Crippen molar-refractivity contribution < 1.29 is 14.1 Å². The molecule has 1 rings (SSSR count). The SMILES string of the molecule is O=C(NCCCCI)c1ccc([N+](=O)[O-])cc1F. The smallest absolute Gasteiger partial charge is 0.272 e. The molecule has 0 aliphatic heterocycles. The summed E-state index contributed by atoms with van der Waals surface area (Å²) in [6, 6.07) is 2.99. The second kappa shape index (κ2) is 7.24. The molecule has 7 heteroatoms. The number of nitrogens with one attached hydrogen (secondary N) is 1. The fraction of sp³-hybridized carbons (Fsp3) is 0.364. The molecule has 0 atom stereocenters. The topological polar surface area (TPSA) is 72.2 Å². The summed E-state index contributed by atoms with van der Waals surface area (Å²) in [7, 11) is 0. The van der Waals surface area contributed by atoms with Crippen LogP contribution in [-0.4, -0.2) is 21.8 Å². The molecule has 0 unspecified atom stereocenters. The summed E-state index contributed by atoms with van der Waals surface area (Å²) in [5.41, 5.74) is -0.538. The maximum atomic E-state index is 13.5. The summed E-state index contributed by atoms with van der Waals surface area (Å²) in [5, 5.41) is 13.0. The van der Waals surface area contributed by atoms with E-state index in [0.29, 0.717) is 6.54 Å². The number of rotatable bonds is 6. The predicted molar refractivity (Wildman–Crippen MR) is 73.5 cm³/mol. The van der Waals surface area contributed by atoms with Crippen LogP contribution in [0.1, 0.15) is 23.2 Å². The lowest BCUT2D eigenvalue weighted by molar-refractivity contribution is -0.385. The quantitative estimate of drug-likeness (QED) is 0.277. The lowest BCUT2D eigenvalue weighted by atomic mass is 10.1. The summed E-state index contributed by atoms with van der Waals surface area (Å²) in [5.74, 6) is -1.42. The van der Waals surface area contributed by atoms with E-state index in [4.69, 9.17) is 0 Å². The van der Waals surface area contributed by atoms with E-state index >= 15 is 0 Å². The number of nitro benzene ring substituents is 1. The van der Waals surface area contributed by atoms with Crippen molar-refractivity contribution in [3.63, 3.8) is 0 Å². The van der Waals surface area contributed by atoms with Crippen LogP contribution in [0.5, 0.6) is 0 Å². The minimum absolute atomic E-state index is 0.171. The third kappa shape index (κ3) is 4.21. The summed E-state index contributed by atoms with van der Waals surface area (Å²) < 4.78 is 14.5. The Hall–Kier alpha value is -1.25. The number of carbonyl (C=O) groups excluding carboxylic acids is 1. The molecule has 1 aromatic carbocycles. The van der Waals surface area contributed by atoms with Gasteiger partial charge >= 0.3 is 0 Å². The molecule has 1 amide bonds. The number of benzene rings is 1. The zero-order valence-corrected chi connectivity index (χ0v) is 11.6. The lowest BCUT2D eigenvalue weighted by Crippen LogP contribution is -2.25. The van der Waals surface area contributed by atoms with Crippen molar-refractivity contribution in [2.45, 2.75) is 12.8 Å². The average Bonchev–Trinajstić information content (AvgIpc) is 2.34. The Bertz CT molecular complexity index is 454. The van der Waals surface area contributed by atoms with E-state index in [-0.39, 0.29) is 11.3 Å². The largest absolute Gasteiger partial charge is 0.352 e. The van der Waals surface area contributed by atoms with Gasteiger partial charge in [0, 0.05) is 12.6 Å². The van der Waals surface area contributed by atoms with E-state index in [2.05, 4.69) is 27.9 Å². The number of carbonyl (C=O) groups is 1. The van der Waals surface area contributed by atoms with Gasteiger partial charge in [0.05, 0.1) is 16.6 Å². The Balaban J connectivity index is 2.66. The second-order valence-electron chi connectivity index (χ2n) is 3.57. The van der Waals surface area contributed by atoms with Crippen molar-refractivity contribution >= 4 is 34.2 Å². The van der Waals surface area contributed by atoms with E-state index in [9.17, 15) is 19.3 Å². The molecule has 0 aromatic heterocycles. The number of nitrogens with zero attached hydrogens (tertiary/aromatic N) is 1. The first-order chi connectivity index (χ1) is 8.56. The highest BCUT2D eigenvalue weighted by atomic mass is 127. The van der Waals surface area contributed by atoms with Crippen molar-refractivity contribution in [3.8, 4) is 0 Å². The van der Waals surface area contributed by atoms with Crippen LogP contribution in [0.15, 0.2) is 18.2 Å². The first-order valence-electron chi connectivity index (χ1n) is 5.34. The van der Waals surface area contributed by atoms with E-state index in [1.165, 1.54) is 0 Å². The highest BCUT2D eigenvalue weighted by molar-refractivity contribution is 14.1. The van der Waals surface area contributed by atoms with Gasteiger partial charge in [-0.05, 0) is 23.3 Å². The van der Waals surface area contributed by atoms with Gasteiger partial charge in [-0.1, -0.05) is 22.6 Å². The van der Waals surface area contributed by atoms with Crippen LogP contribution in [0.4, 0.5) is 10.1 Å². The molecule has 0 fully saturated rings. The van der Waals surface area contributed by atoms with Gasteiger partial charge < -0.3 is 5.32 Å². The molecule has 1 aromatic rings. The first-order valence-corrected chi connectivity index (χ1v) is 6.87. The number of halogens is 2. The van der Waals surface area contributed by atoms with Crippen molar-refractivity contribution in [2.75, 3.05) is 11.0 Å². The minimum atomic E-state index is -0.879. The number of alkyl halides is 1. The van der Waals surface area contributed by atoms with Gasteiger partial charge in [0.15, 0.2) is 0 Å². The van der Waals surface area contributed by atoms with Crippen molar-refractivity contribution in [1.82, 2.24) is 5.32 Å². The van der Waals surface area contributed by atoms with E-state index in [1.807, 2.05) is 0 Å². The number of non-ortho nitro benzene ring substituents is 1. The summed E-state index contributed by atoms with van der Waals surface area (Å²) in [6.45, 7) is 0.470. The van der Waals surface area contributed by atoms with Crippen LogP contribution in [0, 0.1) is 15.9 Å². The van der Waals surface area contributed by atoms with Gasteiger partial charge in [-0.25, -0.2) is 4.39 Å². The molecule has 0 saturated heterocycles. The third-order valence-corrected chi connectivity index (χ3v) is 3.02. The van der Waals surface area contributed by atoms with Crippen LogP contribution in [0.25, 0.3) is 0 Å². The lowest BCUT2D eigenvalue weighted by Gasteiger charge is -2.05. The molecular weight excluding hydrogens is 354 g/mol. The molecule has 0 spiro atoms. The van der Waals surface area contributed by atoms with Crippen LogP contribution in [0.2, 0.25) is 0 Å². The summed E-state index contributed by atoms with van der Waals surface area (Å²) in [6.07, 6.45) is 1.80. The Morgan fingerprint density at radius 2 is 2.17 bits per heavy atom. The third-order valence-electron chi connectivity index (χ3n) is 2.25. The summed E-state index contributed by atoms with van der Waals surface area (Å²) in [4.78, 5) is 21.3. The Morgan fingerprint density at radius 3 is 2.72 bits per heavy atom. The number of unbranched alkanes of at least 4 members (excludes halogenated alkanes) is 1. The van der Waals surface area contributed by atoms with E-state index in [1.54, 1.807) is 0 Å². The molecule has 0 radical (unpaired) electrons. The van der Waals surface area contributed by atoms with Crippen LogP contribution in [-0.2, 0) is 0 Å². The molecule has 18 heavy (non-hydrogen) atoms. The van der Waals surface area contributed by atoms with Crippen molar-refractivity contribution in [2.24, 2.45) is 0 Å². The van der Waals surface area contributed by atoms with Crippen LogP contribution >= 0.6 is 22.6 Å². The Labute approximate surface area is 117 Å².